The van der Waals surface area contributed by atoms with Crippen LogP contribution in [-0.2, 0) is 4.79 Å². The Morgan fingerprint density at radius 2 is 1.36 bits per heavy atom. The van der Waals surface area contributed by atoms with Crippen LogP contribution in [0.3, 0.4) is 0 Å². The predicted molar refractivity (Wildman–Crippen MR) is 144 cm³/mol. The summed E-state index contributed by atoms with van der Waals surface area (Å²) in [5, 5.41) is 0. The molecule has 0 aliphatic rings. The van der Waals surface area contributed by atoms with Gasteiger partial charge in [-0.3, -0.25) is 4.79 Å². The first-order valence-electron chi connectivity index (χ1n) is 13.8. The predicted octanol–water partition coefficient (Wildman–Crippen LogP) is 7.76. The average molecular weight is 458 g/mol. The van der Waals surface area contributed by atoms with E-state index < -0.39 is 0 Å². The van der Waals surface area contributed by atoms with Gasteiger partial charge in [-0.25, -0.2) is 0 Å². The Bertz CT molecular complexity index is 623. The Hall–Kier alpha value is -1.45. The van der Waals surface area contributed by atoms with Crippen LogP contribution in [0.25, 0.3) is 0 Å². The molecule has 0 saturated carbocycles. The number of carbonyl (C=O) groups is 1. The number of rotatable bonds is 21. The van der Waals surface area contributed by atoms with Gasteiger partial charge in [0.2, 0.25) is 0 Å². The third kappa shape index (κ3) is 13.8. The summed E-state index contributed by atoms with van der Waals surface area (Å²) in [5.41, 5.74) is 6.89. The van der Waals surface area contributed by atoms with Crippen LogP contribution in [0.15, 0.2) is 42.5 Å². The highest BCUT2D eigenvalue weighted by molar-refractivity contribution is 5.84. The monoisotopic (exact) mass is 457 g/mol. The Labute approximate surface area is 205 Å². The van der Waals surface area contributed by atoms with E-state index in [9.17, 15) is 4.79 Å². The highest BCUT2D eigenvalue weighted by Crippen LogP contribution is 2.28. The van der Waals surface area contributed by atoms with Crippen molar-refractivity contribution >= 4 is 5.78 Å². The average Bonchev–Trinajstić information content (AvgIpc) is 2.81. The van der Waals surface area contributed by atoms with Gasteiger partial charge in [-0.2, -0.15) is 0 Å². The normalized spacial score (nSPS) is 13.0. The first-order chi connectivity index (χ1) is 16.0. The molecule has 1 atom stereocenters. The maximum atomic E-state index is 13.2. The van der Waals surface area contributed by atoms with Crippen molar-refractivity contribution in [2.45, 2.75) is 109 Å². The van der Waals surface area contributed by atoms with Gasteiger partial charge < -0.3 is 10.2 Å². The van der Waals surface area contributed by atoms with Crippen molar-refractivity contribution < 1.29 is 9.28 Å². The molecule has 188 valence electrons. The van der Waals surface area contributed by atoms with Crippen LogP contribution < -0.4 is 5.73 Å². The lowest BCUT2D eigenvalue weighted by Crippen LogP contribution is -2.47. The van der Waals surface area contributed by atoms with Gasteiger partial charge in [0.15, 0.2) is 11.8 Å². The maximum absolute atomic E-state index is 13.2. The molecular weight excluding hydrogens is 404 g/mol. The number of allylic oxidation sites excluding steroid dienone is 2. The van der Waals surface area contributed by atoms with E-state index >= 15 is 0 Å². The Balaban J connectivity index is 2.23. The molecule has 1 unspecified atom stereocenters. The van der Waals surface area contributed by atoms with Crippen LogP contribution in [0.1, 0.15) is 115 Å². The number of unbranched alkanes of at least 4 members (excludes halogenated alkanes) is 11. The van der Waals surface area contributed by atoms with Gasteiger partial charge in [0.1, 0.15) is 0 Å². The van der Waals surface area contributed by atoms with Gasteiger partial charge in [-0.05, 0) is 38.6 Å². The van der Waals surface area contributed by atoms with E-state index in [1.165, 1.54) is 70.6 Å². The second kappa shape index (κ2) is 18.9. The van der Waals surface area contributed by atoms with E-state index in [2.05, 4.69) is 45.3 Å². The number of quaternary nitrogens is 1. The molecule has 1 rings (SSSR count). The molecule has 33 heavy (non-hydrogen) atoms. The smallest absolute Gasteiger partial charge is 0.194 e. The molecule has 0 fully saturated rings. The van der Waals surface area contributed by atoms with Gasteiger partial charge in [-0.1, -0.05) is 101 Å². The zero-order valence-corrected chi connectivity index (χ0v) is 22.1. The summed E-state index contributed by atoms with van der Waals surface area (Å²) >= 11 is 0. The summed E-state index contributed by atoms with van der Waals surface area (Å²) in [6.45, 7) is 3.87. The molecular formula is C30H53N2O+. The molecule has 3 heteroatoms. The van der Waals surface area contributed by atoms with Crippen LogP contribution in [0.4, 0.5) is 0 Å². The van der Waals surface area contributed by atoms with Gasteiger partial charge in [0.05, 0.1) is 20.6 Å². The van der Waals surface area contributed by atoms with Crippen LogP contribution in [0, 0.1) is 0 Å². The fourth-order valence-corrected chi connectivity index (χ4v) is 4.75. The number of carbonyl (C=O) groups excluding carboxylic acids is 1. The molecule has 3 nitrogen and oxygen atoms in total. The van der Waals surface area contributed by atoms with E-state index in [0.29, 0.717) is 23.2 Å². The summed E-state index contributed by atoms with van der Waals surface area (Å²) in [7, 11) is 4.34. The van der Waals surface area contributed by atoms with Gasteiger partial charge in [0.25, 0.3) is 0 Å². The molecule has 0 bridgehead atoms. The number of benzene rings is 1. The highest BCUT2D eigenvalue weighted by atomic mass is 16.1. The quantitative estimate of drug-likeness (QED) is 0.116. The van der Waals surface area contributed by atoms with Crippen LogP contribution >= 0.6 is 0 Å². The van der Waals surface area contributed by atoms with Crippen molar-refractivity contribution in [2.24, 2.45) is 5.73 Å². The van der Waals surface area contributed by atoms with Crippen molar-refractivity contribution in [1.29, 1.82) is 0 Å². The lowest BCUT2D eigenvalue weighted by molar-refractivity contribution is -0.911. The van der Waals surface area contributed by atoms with E-state index in [1.807, 2.05) is 18.2 Å². The zero-order chi connectivity index (χ0) is 24.2. The molecule has 0 spiro atoms. The third-order valence-electron chi connectivity index (χ3n) is 6.74. The Morgan fingerprint density at radius 3 is 1.94 bits per heavy atom. The minimum absolute atomic E-state index is 0.0884. The van der Waals surface area contributed by atoms with E-state index in [4.69, 9.17) is 5.73 Å². The first kappa shape index (κ1) is 29.6. The molecule has 1 aromatic rings. The van der Waals surface area contributed by atoms with Crippen molar-refractivity contribution in [2.75, 3.05) is 27.2 Å². The SMILES string of the molecule is CCCCCCCC/C=C\CCCCCCCC(=O)C(c1ccccc1)[N+](C)(C)CCCN. The lowest BCUT2D eigenvalue weighted by atomic mass is 9.95. The maximum Gasteiger partial charge on any atom is 0.194 e. The van der Waals surface area contributed by atoms with Gasteiger partial charge >= 0.3 is 0 Å². The number of hydrogen-bond donors (Lipinski definition) is 1. The van der Waals surface area contributed by atoms with Crippen molar-refractivity contribution in [3.8, 4) is 0 Å². The van der Waals surface area contributed by atoms with E-state index in [0.717, 1.165) is 31.4 Å². The molecule has 1 aromatic carbocycles. The van der Waals surface area contributed by atoms with E-state index in [-0.39, 0.29) is 6.04 Å². The van der Waals surface area contributed by atoms with Crippen molar-refractivity contribution in [1.82, 2.24) is 0 Å². The second-order valence-corrected chi connectivity index (χ2v) is 10.3. The van der Waals surface area contributed by atoms with Gasteiger partial charge in [0, 0.05) is 18.4 Å². The highest BCUT2D eigenvalue weighted by Gasteiger charge is 2.35. The van der Waals surface area contributed by atoms with Crippen LogP contribution in [-0.4, -0.2) is 37.5 Å². The fourth-order valence-electron chi connectivity index (χ4n) is 4.75. The fraction of sp³-hybridized carbons (Fsp3) is 0.700. The molecule has 0 aliphatic carbocycles. The number of nitrogens with two attached hydrogens (primary N) is 1. The zero-order valence-electron chi connectivity index (χ0n) is 22.1. The lowest BCUT2D eigenvalue weighted by Gasteiger charge is -2.37. The number of likely N-dealkylation sites (N-methyl/N-ethyl adjacent to an activating group) is 1. The molecule has 0 radical (unpaired) electrons. The second-order valence-electron chi connectivity index (χ2n) is 10.3. The molecule has 2 N–H and O–H groups in total. The third-order valence-corrected chi connectivity index (χ3v) is 6.74. The molecule has 0 aromatic heterocycles. The summed E-state index contributed by atoms with van der Waals surface area (Å²) in [4.78, 5) is 13.2. The van der Waals surface area contributed by atoms with Crippen LogP contribution in [0.5, 0.6) is 0 Å². The largest absolute Gasteiger partial charge is 0.330 e. The number of hydrogen-bond acceptors (Lipinski definition) is 2. The standard InChI is InChI=1S/C30H53N2O/c1-4-5-6-7-8-9-10-11-12-13-14-15-16-17-21-25-29(33)30(28-23-19-18-20-24-28)32(2,3)27-22-26-31/h11-12,18-20,23-24,30H,4-10,13-17,21-22,25-27,31H2,1-3H3/q+1/b12-11-. The molecule has 0 aliphatic heterocycles. The van der Waals surface area contributed by atoms with Crippen LogP contribution in [0.2, 0.25) is 0 Å². The Morgan fingerprint density at radius 1 is 0.818 bits per heavy atom. The minimum Gasteiger partial charge on any atom is -0.330 e. The van der Waals surface area contributed by atoms with Crippen molar-refractivity contribution in [3.63, 3.8) is 0 Å². The number of Topliss-reactive ketones (excluding diaryl/α,β-unsaturated/α-hetero) is 1. The van der Waals surface area contributed by atoms with Gasteiger partial charge in [-0.15, -0.1) is 0 Å². The molecule has 0 amide bonds. The topological polar surface area (TPSA) is 43.1 Å². The van der Waals surface area contributed by atoms with Crippen molar-refractivity contribution in [3.05, 3.63) is 48.0 Å². The Kier molecular flexibility index (Phi) is 17.0. The summed E-state index contributed by atoms with van der Waals surface area (Å²) in [6, 6.07) is 10.2. The summed E-state index contributed by atoms with van der Waals surface area (Å²) < 4.78 is 0.686. The first-order valence-corrected chi connectivity index (χ1v) is 13.8. The number of nitrogens with zero attached hydrogens (tertiary/aromatic N) is 1. The van der Waals surface area contributed by atoms with E-state index in [1.54, 1.807) is 0 Å². The minimum atomic E-state index is -0.0884. The summed E-state index contributed by atoms with van der Waals surface area (Å²) in [6.07, 6.45) is 23.1. The number of ketones is 1. The summed E-state index contributed by atoms with van der Waals surface area (Å²) in [5.74, 6) is 0.376. The molecule has 0 saturated heterocycles. The molecule has 0 heterocycles.